The minimum Gasteiger partial charge on any atom is -0.356 e. The van der Waals surface area contributed by atoms with Crippen LogP contribution in [0.2, 0.25) is 0 Å². The van der Waals surface area contributed by atoms with Crippen molar-refractivity contribution in [1.82, 2.24) is 15.3 Å². The van der Waals surface area contributed by atoms with E-state index in [9.17, 15) is 9.59 Å². The van der Waals surface area contributed by atoms with Crippen LogP contribution in [0.1, 0.15) is 11.3 Å². The maximum atomic E-state index is 12.0. The molecule has 2 heterocycles. The highest BCUT2D eigenvalue weighted by Gasteiger charge is 2.13. The van der Waals surface area contributed by atoms with Gasteiger partial charge in [0.2, 0.25) is 0 Å². The van der Waals surface area contributed by atoms with E-state index in [1.54, 1.807) is 28.8 Å². The number of rotatable bonds is 3. The fraction of sp³-hybridized carbons (Fsp3) is 0.182. The molecular formula is C11H10IN3O2S. The van der Waals surface area contributed by atoms with E-state index in [0.717, 1.165) is 10.7 Å². The van der Waals surface area contributed by atoms with Crippen molar-refractivity contribution < 1.29 is 4.79 Å². The molecule has 0 unspecified atom stereocenters. The summed E-state index contributed by atoms with van der Waals surface area (Å²) in [6.45, 7) is 2.02. The zero-order valence-corrected chi connectivity index (χ0v) is 12.5. The highest BCUT2D eigenvalue weighted by Crippen LogP contribution is 2.22. The van der Waals surface area contributed by atoms with Gasteiger partial charge in [-0.1, -0.05) is 0 Å². The van der Waals surface area contributed by atoms with Crippen LogP contribution in [-0.2, 0) is 6.54 Å². The summed E-state index contributed by atoms with van der Waals surface area (Å²) in [5.74, 6) is 0. The van der Waals surface area contributed by atoms with Crippen molar-refractivity contribution in [3.63, 3.8) is 0 Å². The summed E-state index contributed by atoms with van der Waals surface area (Å²) < 4.78 is -0.197. The first-order chi connectivity index (χ1) is 8.58. The average molecular weight is 375 g/mol. The molecule has 0 saturated carbocycles. The predicted molar refractivity (Wildman–Crippen MR) is 79.2 cm³/mol. The smallest absolute Gasteiger partial charge is 0.280 e. The second-order valence-electron chi connectivity index (χ2n) is 3.63. The molecule has 0 spiro atoms. The Morgan fingerprint density at radius 1 is 1.61 bits per heavy atom. The lowest BCUT2D eigenvalue weighted by atomic mass is 10.1. The number of pyridine rings is 1. The van der Waals surface area contributed by atoms with Crippen LogP contribution in [0.25, 0.3) is 10.7 Å². The van der Waals surface area contributed by atoms with E-state index < -0.39 is 0 Å². The minimum absolute atomic E-state index is 0.0957. The number of amides is 1. The number of halogens is 1. The first kappa shape index (κ1) is 13.2. The van der Waals surface area contributed by atoms with Gasteiger partial charge in [-0.25, -0.2) is 4.98 Å². The number of H-pyrrole nitrogens is 1. The Bertz CT molecular complexity index is 622. The molecular weight excluding hydrogens is 365 g/mol. The molecule has 2 aromatic rings. The second-order valence-corrected chi connectivity index (χ2v) is 5.51. The van der Waals surface area contributed by atoms with Crippen molar-refractivity contribution in [3.05, 3.63) is 39.1 Å². The lowest BCUT2D eigenvalue weighted by Gasteiger charge is -2.08. The third-order valence-corrected chi connectivity index (χ3v) is 3.49. The molecule has 94 valence electrons. The fourth-order valence-corrected chi connectivity index (χ4v) is 2.43. The first-order valence-electron chi connectivity index (χ1n) is 5.14. The van der Waals surface area contributed by atoms with Crippen molar-refractivity contribution in [2.24, 2.45) is 0 Å². The maximum absolute atomic E-state index is 12.0. The number of thiazole rings is 1. The van der Waals surface area contributed by atoms with E-state index in [2.05, 4.69) is 15.3 Å². The number of aromatic amines is 1. The van der Waals surface area contributed by atoms with Gasteiger partial charge in [-0.3, -0.25) is 9.59 Å². The van der Waals surface area contributed by atoms with Gasteiger partial charge in [0.25, 0.3) is 3.91 Å². The fourth-order valence-electron chi connectivity index (χ4n) is 1.58. The Morgan fingerprint density at radius 3 is 3.00 bits per heavy atom. The van der Waals surface area contributed by atoms with Gasteiger partial charge in [-0.15, -0.1) is 11.3 Å². The van der Waals surface area contributed by atoms with Crippen LogP contribution in [0.5, 0.6) is 0 Å². The van der Waals surface area contributed by atoms with Crippen molar-refractivity contribution in [2.75, 3.05) is 0 Å². The number of nitrogens with zero attached hydrogens (tertiary/aromatic N) is 1. The number of aryl methyl sites for hydroxylation is 1. The summed E-state index contributed by atoms with van der Waals surface area (Å²) in [6, 6.07) is 1.52. The normalized spacial score (nSPS) is 10.3. The number of carbonyl (C=O) groups excluding carboxylic acids is 1. The number of hydrogen-bond acceptors (Lipinski definition) is 4. The van der Waals surface area contributed by atoms with Crippen LogP contribution < -0.4 is 10.7 Å². The molecule has 0 aliphatic rings. The number of nitrogens with one attached hydrogen (secondary N) is 2. The van der Waals surface area contributed by atoms with Crippen molar-refractivity contribution >= 4 is 37.8 Å². The minimum atomic E-state index is -0.197. The van der Waals surface area contributed by atoms with Gasteiger partial charge < -0.3 is 10.3 Å². The van der Waals surface area contributed by atoms with Crippen LogP contribution in [0.3, 0.4) is 0 Å². The zero-order valence-electron chi connectivity index (χ0n) is 9.49. The summed E-state index contributed by atoms with van der Waals surface area (Å²) in [7, 11) is 0. The van der Waals surface area contributed by atoms with Crippen LogP contribution in [0, 0.1) is 6.92 Å². The van der Waals surface area contributed by atoms with Gasteiger partial charge in [-0.2, -0.15) is 0 Å². The van der Waals surface area contributed by atoms with E-state index in [-0.39, 0.29) is 15.9 Å². The van der Waals surface area contributed by atoms with Crippen molar-refractivity contribution in [1.29, 1.82) is 0 Å². The molecule has 0 fully saturated rings. The van der Waals surface area contributed by atoms with Gasteiger partial charge in [0.05, 0.1) is 5.69 Å². The molecule has 2 aromatic heterocycles. The van der Waals surface area contributed by atoms with Crippen molar-refractivity contribution in [2.45, 2.75) is 13.5 Å². The van der Waals surface area contributed by atoms with Crippen LogP contribution in [0.15, 0.2) is 22.4 Å². The Hall–Kier alpha value is -1.22. The summed E-state index contributed by atoms with van der Waals surface area (Å²) in [5.41, 5.74) is 1.89. The molecule has 7 heteroatoms. The SMILES string of the molecule is Cc1cc(=O)c(CNC(=O)I)c(-c2nccs2)[nH]1. The Kier molecular flexibility index (Phi) is 4.12. The molecule has 0 aliphatic carbocycles. The molecule has 0 radical (unpaired) electrons. The van der Waals surface area contributed by atoms with Crippen LogP contribution in [-0.4, -0.2) is 13.9 Å². The Morgan fingerprint density at radius 2 is 2.39 bits per heavy atom. The maximum Gasteiger partial charge on any atom is 0.280 e. The molecule has 0 saturated heterocycles. The molecule has 0 aliphatic heterocycles. The lowest BCUT2D eigenvalue weighted by Crippen LogP contribution is -2.22. The Balaban J connectivity index is 2.49. The van der Waals surface area contributed by atoms with E-state index in [1.165, 1.54) is 17.4 Å². The number of carbonyl (C=O) groups is 1. The van der Waals surface area contributed by atoms with E-state index in [0.29, 0.717) is 11.3 Å². The molecule has 0 bridgehead atoms. The van der Waals surface area contributed by atoms with Gasteiger partial charge >= 0.3 is 0 Å². The molecule has 1 amide bonds. The molecule has 0 aromatic carbocycles. The van der Waals surface area contributed by atoms with Crippen molar-refractivity contribution in [3.8, 4) is 10.7 Å². The molecule has 2 N–H and O–H groups in total. The third kappa shape index (κ3) is 2.96. The quantitative estimate of drug-likeness (QED) is 0.492. The predicted octanol–water partition coefficient (Wildman–Crippen LogP) is 2.45. The summed E-state index contributed by atoms with van der Waals surface area (Å²) >= 11 is 3.08. The van der Waals surface area contributed by atoms with Gasteiger partial charge in [0.1, 0.15) is 5.01 Å². The van der Waals surface area contributed by atoms with E-state index >= 15 is 0 Å². The Labute approximate surface area is 121 Å². The molecule has 2 rings (SSSR count). The third-order valence-electron chi connectivity index (χ3n) is 2.32. The van der Waals surface area contributed by atoms with Gasteiger partial charge in [0, 0.05) is 58.0 Å². The number of hydrogen-bond donors (Lipinski definition) is 2. The number of aromatic nitrogens is 2. The highest BCUT2D eigenvalue weighted by atomic mass is 127. The average Bonchev–Trinajstić information content (AvgIpc) is 2.79. The molecule has 18 heavy (non-hydrogen) atoms. The summed E-state index contributed by atoms with van der Waals surface area (Å²) in [4.78, 5) is 30.2. The van der Waals surface area contributed by atoms with E-state index in [1.807, 2.05) is 12.3 Å². The van der Waals surface area contributed by atoms with Crippen LogP contribution in [0.4, 0.5) is 4.79 Å². The lowest BCUT2D eigenvalue weighted by molar-refractivity contribution is 0.262. The summed E-state index contributed by atoms with van der Waals surface area (Å²) in [6.07, 6.45) is 1.68. The highest BCUT2D eigenvalue weighted by molar-refractivity contribution is 14.1. The standard InChI is InChI=1S/C11H10IN3O2S/c1-6-4-8(16)7(5-14-11(12)17)9(15-6)10-13-2-3-18-10/h2-4H,5H2,1H3,(H,14,17)(H,15,16). The second kappa shape index (κ2) is 5.61. The van der Waals surface area contributed by atoms with E-state index in [4.69, 9.17) is 0 Å². The zero-order chi connectivity index (χ0) is 13.1. The monoisotopic (exact) mass is 375 g/mol. The molecule has 5 nitrogen and oxygen atoms in total. The molecule has 0 atom stereocenters. The van der Waals surface area contributed by atoms with Gasteiger partial charge in [-0.05, 0) is 6.92 Å². The van der Waals surface area contributed by atoms with Crippen LogP contribution >= 0.6 is 33.9 Å². The topological polar surface area (TPSA) is 74.8 Å². The largest absolute Gasteiger partial charge is 0.356 e. The summed E-state index contributed by atoms with van der Waals surface area (Å²) in [5, 5.41) is 5.22. The first-order valence-corrected chi connectivity index (χ1v) is 7.10. The van der Waals surface area contributed by atoms with Gasteiger partial charge in [0.15, 0.2) is 5.43 Å².